The molecule has 0 aliphatic carbocycles. The number of carbonyl (C=O) groups excluding carboxylic acids is 2. The number of pyridine rings is 1. The highest BCUT2D eigenvalue weighted by Gasteiger charge is 2.15. The first-order valence-electron chi connectivity index (χ1n) is 14.0. The Hall–Kier alpha value is -4.78. The van der Waals surface area contributed by atoms with E-state index in [1.807, 2.05) is 42.8 Å². The van der Waals surface area contributed by atoms with E-state index in [0.29, 0.717) is 24.2 Å². The predicted octanol–water partition coefficient (Wildman–Crippen LogP) is 6.16. The van der Waals surface area contributed by atoms with E-state index in [0.717, 1.165) is 57.5 Å². The first-order chi connectivity index (χ1) is 19.8. The summed E-state index contributed by atoms with van der Waals surface area (Å²) in [6.07, 6.45) is 2.56. The Labute approximate surface area is 240 Å². The number of hydrogen-bond donors (Lipinski definition) is 2. The maximum Gasteiger partial charge on any atom is 0.251 e. The molecular weight excluding hydrogens is 510 g/mol. The molecule has 0 aliphatic rings. The van der Waals surface area contributed by atoms with Crippen LogP contribution in [0.5, 0.6) is 0 Å². The van der Waals surface area contributed by atoms with Gasteiger partial charge in [-0.15, -0.1) is 0 Å². The molecule has 2 N–H and O–H groups in total. The monoisotopic (exact) mass is 545 g/mol. The van der Waals surface area contributed by atoms with Gasteiger partial charge in [-0.3, -0.25) is 9.59 Å². The lowest BCUT2D eigenvalue weighted by Crippen LogP contribution is -2.26. The summed E-state index contributed by atoms with van der Waals surface area (Å²) >= 11 is 0. The molecular formula is C34H35N5O2. The van der Waals surface area contributed by atoms with Crippen molar-refractivity contribution in [1.82, 2.24) is 25.4 Å². The molecule has 0 saturated carbocycles. The minimum atomic E-state index is -0.236. The molecule has 0 unspecified atom stereocenters. The Bertz CT molecular complexity index is 1740. The van der Waals surface area contributed by atoms with E-state index >= 15 is 0 Å². The second-order valence-electron chi connectivity index (χ2n) is 10.3. The van der Waals surface area contributed by atoms with Crippen LogP contribution in [0, 0.1) is 13.8 Å². The van der Waals surface area contributed by atoms with Gasteiger partial charge < -0.3 is 10.6 Å². The Morgan fingerprint density at radius 1 is 0.780 bits per heavy atom. The fraction of sp³-hybridized carbons (Fsp3) is 0.235. The normalized spacial score (nSPS) is 11.0. The van der Waals surface area contributed by atoms with E-state index in [4.69, 9.17) is 4.98 Å². The second kappa shape index (κ2) is 12.2. The third-order valence-corrected chi connectivity index (χ3v) is 7.19. The molecule has 7 heteroatoms. The van der Waals surface area contributed by atoms with Crippen LogP contribution < -0.4 is 10.6 Å². The molecule has 0 saturated heterocycles. The Morgan fingerprint density at radius 3 is 2.15 bits per heavy atom. The SMILES string of the molecule is CCc1nc2c(cnn2CC)cc1CNC(=O)c1cc(C)cc(C(=O)NCc2cccc(-c3cccc(C)c3)c2)c1. The van der Waals surface area contributed by atoms with Crippen molar-refractivity contribution >= 4 is 22.8 Å². The molecule has 5 rings (SSSR count). The fourth-order valence-electron chi connectivity index (χ4n) is 5.07. The van der Waals surface area contributed by atoms with E-state index in [-0.39, 0.29) is 11.8 Å². The molecule has 0 radical (unpaired) electrons. The van der Waals surface area contributed by atoms with Crippen molar-refractivity contribution in [2.45, 2.75) is 53.8 Å². The van der Waals surface area contributed by atoms with Crippen LogP contribution in [-0.4, -0.2) is 26.6 Å². The Morgan fingerprint density at radius 2 is 1.46 bits per heavy atom. The van der Waals surface area contributed by atoms with Crippen LogP contribution in [0.15, 0.2) is 79.0 Å². The second-order valence-corrected chi connectivity index (χ2v) is 10.3. The van der Waals surface area contributed by atoms with Crippen molar-refractivity contribution in [3.05, 3.63) is 118 Å². The van der Waals surface area contributed by atoms with Gasteiger partial charge in [-0.2, -0.15) is 5.10 Å². The van der Waals surface area contributed by atoms with Gasteiger partial charge in [-0.1, -0.05) is 55.0 Å². The fourth-order valence-corrected chi connectivity index (χ4v) is 5.07. The summed E-state index contributed by atoms with van der Waals surface area (Å²) in [6.45, 7) is 9.53. The van der Waals surface area contributed by atoms with E-state index in [9.17, 15) is 9.59 Å². The highest BCUT2D eigenvalue weighted by molar-refractivity contribution is 6.00. The number of nitrogens with zero attached hydrogens (tertiary/aromatic N) is 3. The highest BCUT2D eigenvalue weighted by atomic mass is 16.2. The molecule has 5 aromatic rings. The standard InChI is InChI=1S/C34H35N5O2/c1-5-31-29(18-30-21-37-39(6-2)32(30)38-31)20-36-34(41)28-15-23(4)14-27(17-28)33(40)35-19-24-10-8-12-26(16-24)25-11-7-9-22(3)13-25/h7-18,21H,5-6,19-20H2,1-4H3,(H,35,40)(H,36,41). The molecule has 0 aliphatic heterocycles. The smallest absolute Gasteiger partial charge is 0.251 e. The van der Waals surface area contributed by atoms with Crippen LogP contribution in [-0.2, 0) is 26.1 Å². The summed E-state index contributed by atoms with van der Waals surface area (Å²) in [4.78, 5) is 31.0. The van der Waals surface area contributed by atoms with E-state index < -0.39 is 0 Å². The summed E-state index contributed by atoms with van der Waals surface area (Å²) in [5, 5.41) is 11.4. The van der Waals surface area contributed by atoms with Gasteiger partial charge in [0.2, 0.25) is 0 Å². The summed E-state index contributed by atoms with van der Waals surface area (Å²) in [7, 11) is 0. The lowest BCUT2D eigenvalue weighted by molar-refractivity contribution is 0.0950. The van der Waals surface area contributed by atoms with Crippen LogP contribution in [0.3, 0.4) is 0 Å². The lowest BCUT2D eigenvalue weighted by atomic mass is 10.0. The third-order valence-electron chi connectivity index (χ3n) is 7.19. The topological polar surface area (TPSA) is 88.9 Å². The average Bonchev–Trinajstić information content (AvgIpc) is 3.39. The van der Waals surface area contributed by atoms with E-state index in [1.54, 1.807) is 24.4 Å². The number of rotatable bonds is 9. The maximum absolute atomic E-state index is 13.2. The molecule has 2 amide bonds. The average molecular weight is 546 g/mol. The summed E-state index contributed by atoms with van der Waals surface area (Å²) in [6, 6.07) is 23.8. The van der Waals surface area contributed by atoms with Crippen molar-refractivity contribution < 1.29 is 9.59 Å². The number of nitrogens with one attached hydrogen (secondary N) is 2. The molecule has 3 aromatic carbocycles. The van der Waals surface area contributed by atoms with Crippen LogP contribution in [0.4, 0.5) is 0 Å². The van der Waals surface area contributed by atoms with Gasteiger partial charge in [0.15, 0.2) is 5.65 Å². The Balaban J connectivity index is 1.26. The van der Waals surface area contributed by atoms with Crippen LogP contribution >= 0.6 is 0 Å². The van der Waals surface area contributed by atoms with Gasteiger partial charge in [-0.05, 0) is 85.3 Å². The van der Waals surface area contributed by atoms with Gasteiger partial charge >= 0.3 is 0 Å². The summed E-state index contributed by atoms with van der Waals surface area (Å²) in [5.74, 6) is -0.459. The van der Waals surface area contributed by atoms with Crippen molar-refractivity contribution in [3.63, 3.8) is 0 Å². The number of benzene rings is 3. The first-order valence-corrected chi connectivity index (χ1v) is 14.0. The van der Waals surface area contributed by atoms with Crippen LogP contribution in [0.2, 0.25) is 0 Å². The van der Waals surface area contributed by atoms with Crippen molar-refractivity contribution in [2.75, 3.05) is 0 Å². The quantitative estimate of drug-likeness (QED) is 0.232. The van der Waals surface area contributed by atoms with Crippen molar-refractivity contribution in [3.8, 4) is 11.1 Å². The number of aryl methyl sites for hydroxylation is 4. The number of fused-ring (bicyclic) bond motifs is 1. The highest BCUT2D eigenvalue weighted by Crippen LogP contribution is 2.22. The molecule has 0 atom stereocenters. The predicted molar refractivity (Wildman–Crippen MR) is 163 cm³/mol. The molecule has 41 heavy (non-hydrogen) atoms. The number of aromatic nitrogens is 3. The minimum Gasteiger partial charge on any atom is -0.348 e. The van der Waals surface area contributed by atoms with Gasteiger partial charge in [0, 0.05) is 41.8 Å². The van der Waals surface area contributed by atoms with Crippen molar-refractivity contribution in [1.29, 1.82) is 0 Å². The first kappa shape index (κ1) is 27.8. The van der Waals surface area contributed by atoms with Gasteiger partial charge in [0.25, 0.3) is 11.8 Å². The third kappa shape index (κ3) is 6.35. The largest absolute Gasteiger partial charge is 0.348 e. The molecule has 2 aromatic heterocycles. The molecule has 0 bridgehead atoms. The van der Waals surface area contributed by atoms with Gasteiger partial charge in [0.1, 0.15) is 0 Å². The minimum absolute atomic E-state index is 0.223. The molecule has 208 valence electrons. The van der Waals surface area contributed by atoms with Gasteiger partial charge in [0.05, 0.1) is 6.20 Å². The molecule has 0 spiro atoms. The van der Waals surface area contributed by atoms with E-state index in [1.165, 1.54) is 5.56 Å². The van der Waals surface area contributed by atoms with Crippen LogP contribution in [0.1, 0.15) is 62.5 Å². The summed E-state index contributed by atoms with van der Waals surface area (Å²) in [5.41, 5.74) is 8.95. The maximum atomic E-state index is 13.2. The molecule has 7 nitrogen and oxygen atoms in total. The number of carbonyl (C=O) groups is 2. The Kier molecular flexibility index (Phi) is 8.24. The zero-order valence-electron chi connectivity index (χ0n) is 24.0. The number of amides is 2. The zero-order valence-corrected chi connectivity index (χ0v) is 24.0. The van der Waals surface area contributed by atoms with Crippen LogP contribution in [0.25, 0.3) is 22.2 Å². The zero-order chi connectivity index (χ0) is 28.9. The van der Waals surface area contributed by atoms with Crippen molar-refractivity contribution in [2.24, 2.45) is 0 Å². The van der Waals surface area contributed by atoms with E-state index in [2.05, 4.69) is 59.9 Å². The number of hydrogen-bond acceptors (Lipinski definition) is 4. The molecule has 2 heterocycles. The van der Waals surface area contributed by atoms with Gasteiger partial charge in [-0.25, -0.2) is 9.67 Å². The lowest BCUT2D eigenvalue weighted by Gasteiger charge is -2.12. The molecule has 0 fully saturated rings. The summed E-state index contributed by atoms with van der Waals surface area (Å²) < 4.78 is 1.87.